The first kappa shape index (κ1) is 20.6. The van der Waals surface area contributed by atoms with E-state index in [2.05, 4.69) is 127 Å². The summed E-state index contributed by atoms with van der Waals surface area (Å²) in [6, 6.07) is 45.9. The smallest absolute Gasteiger partial charge is 0.0896 e. The quantitative estimate of drug-likeness (QED) is 0.221. The third-order valence-corrected chi connectivity index (χ3v) is 8.56. The largest absolute Gasteiger partial charge is 0.246 e. The van der Waals surface area contributed by atoms with E-state index in [1.807, 2.05) is 11.3 Å². The summed E-state index contributed by atoms with van der Waals surface area (Å²) in [6.45, 7) is 0. The summed E-state index contributed by atoms with van der Waals surface area (Å²) in [5.41, 5.74) is 5.65. The molecule has 2 heteroatoms. The highest BCUT2D eigenvalue weighted by atomic mass is 32.1. The number of hydrogen-bond donors (Lipinski definition) is 0. The van der Waals surface area contributed by atoms with Crippen LogP contribution in [0.3, 0.4) is 0 Å². The Kier molecular flexibility index (Phi) is 4.46. The molecule has 0 saturated carbocycles. The minimum absolute atomic E-state index is 1.04. The molecular weight excluding hydrogens is 466 g/mol. The molecule has 0 aliphatic heterocycles. The Labute approximate surface area is 218 Å². The Balaban J connectivity index is 1.58. The molecule has 1 nitrogen and oxygen atoms in total. The van der Waals surface area contributed by atoms with E-state index in [-0.39, 0.29) is 0 Å². The van der Waals surface area contributed by atoms with Crippen molar-refractivity contribution in [3.63, 3.8) is 0 Å². The number of aromatic nitrogens is 1. The van der Waals surface area contributed by atoms with Crippen LogP contribution >= 0.6 is 11.3 Å². The standard InChI is InChI=1S/C35H21NS/c1-2-11-22(12-3-1)30-21-32-35(28-17-8-9-20-31(28)37-32)36-34(30)29-19-10-18-27-25-14-5-4-13-23(25)24-15-6-7-16-26(24)33(27)29/h1-21H. The van der Waals surface area contributed by atoms with Crippen LogP contribution in [0.25, 0.3) is 75.0 Å². The summed E-state index contributed by atoms with van der Waals surface area (Å²) in [5.74, 6) is 0. The molecular formula is C35H21NS. The molecule has 8 aromatic rings. The molecule has 2 aromatic heterocycles. The summed E-state index contributed by atoms with van der Waals surface area (Å²) < 4.78 is 2.50. The highest BCUT2D eigenvalue weighted by Gasteiger charge is 2.19. The van der Waals surface area contributed by atoms with E-state index < -0.39 is 0 Å². The van der Waals surface area contributed by atoms with Gasteiger partial charge in [0.05, 0.1) is 15.9 Å². The van der Waals surface area contributed by atoms with Crippen LogP contribution in [0.2, 0.25) is 0 Å². The minimum atomic E-state index is 1.04. The molecule has 172 valence electrons. The van der Waals surface area contributed by atoms with Crippen LogP contribution in [0, 0.1) is 0 Å². The molecule has 0 radical (unpaired) electrons. The Morgan fingerprint density at radius 3 is 1.73 bits per heavy atom. The van der Waals surface area contributed by atoms with Gasteiger partial charge < -0.3 is 0 Å². The third-order valence-electron chi connectivity index (χ3n) is 7.46. The normalized spacial score (nSPS) is 11.8. The Morgan fingerprint density at radius 2 is 1.00 bits per heavy atom. The highest BCUT2D eigenvalue weighted by molar-refractivity contribution is 7.25. The highest BCUT2D eigenvalue weighted by Crippen LogP contribution is 2.44. The molecule has 0 atom stereocenters. The fourth-order valence-corrected chi connectivity index (χ4v) is 6.92. The first-order chi connectivity index (χ1) is 18.4. The van der Waals surface area contributed by atoms with Gasteiger partial charge in [0.2, 0.25) is 0 Å². The van der Waals surface area contributed by atoms with Gasteiger partial charge in [-0.05, 0) is 50.0 Å². The van der Waals surface area contributed by atoms with Crippen molar-refractivity contribution in [3.05, 3.63) is 127 Å². The van der Waals surface area contributed by atoms with E-state index >= 15 is 0 Å². The molecule has 0 aliphatic carbocycles. The van der Waals surface area contributed by atoms with Gasteiger partial charge in [0.25, 0.3) is 0 Å². The third kappa shape index (κ3) is 3.06. The summed E-state index contributed by atoms with van der Waals surface area (Å²) in [4.78, 5) is 5.46. The summed E-state index contributed by atoms with van der Waals surface area (Å²) in [5, 5.41) is 8.87. The molecule has 0 unspecified atom stereocenters. The number of fused-ring (bicyclic) bond motifs is 9. The topological polar surface area (TPSA) is 12.9 Å². The van der Waals surface area contributed by atoms with Gasteiger partial charge in [-0.15, -0.1) is 11.3 Å². The molecule has 0 N–H and O–H groups in total. The number of thiophene rings is 1. The Bertz CT molecular complexity index is 2090. The summed E-state index contributed by atoms with van der Waals surface area (Å²) >= 11 is 1.82. The molecule has 0 bridgehead atoms. The first-order valence-electron chi connectivity index (χ1n) is 12.6. The van der Waals surface area contributed by atoms with Gasteiger partial charge in [-0.2, -0.15) is 0 Å². The average Bonchev–Trinajstić information content (AvgIpc) is 3.34. The SMILES string of the molecule is c1ccc(-c2cc3sc4ccccc4c3nc2-c2cccc3c4ccccc4c4ccccc4c23)cc1. The molecule has 0 amide bonds. The number of benzene rings is 6. The van der Waals surface area contributed by atoms with Crippen molar-refractivity contribution < 1.29 is 0 Å². The van der Waals surface area contributed by atoms with Crippen LogP contribution in [0.5, 0.6) is 0 Å². The second kappa shape index (κ2) is 7.99. The number of rotatable bonds is 2. The molecule has 0 aliphatic rings. The second-order valence-electron chi connectivity index (χ2n) is 9.51. The fraction of sp³-hybridized carbons (Fsp3) is 0. The van der Waals surface area contributed by atoms with Crippen LogP contribution in [-0.2, 0) is 0 Å². The number of nitrogens with zero attached hydrogens (tertiary/aromatic N) is 1. The lowest BCUT2D eigenvalue weighted by atomic mass is 9.89. The van der Waals surface area contributed by atoms with Crippen molar-refractivity contribution >= 4 is 64.0 Å². The molecule has 0 saturated heterocycles. The maximum atomic E-state index is 5.46. The predicted octanol–water partition coefficient (Wildman–Crippen LogP) is 10.2. The average molecular weight is 488 g/mol. The van der Waals surface area contributed by atoms with Crippen LogP contribution < -0.4 is 0 Å². The lowest BCUT2D eigenvalue weighted by molar-refractivity contribution is 1.43. The van der Waals surface area contributed by atoms with Gasteiger partial charge >= 0.3 is 0 Å². The summed E-state index contributed by atoms with van der Waals surface area (Å²) in [6.07, 6.45) is 0. The van der Waals surface area contributed by atoms with Crippen LogP contribution in [0.15, 0.2) is 127 Å². The van der Waals surface area contributed by atoms with E-state index in [0.29, 0.717) is 0 Å². The van der Waals surface area contributed by atoms with Crippen molar-refractivity contribution in [1.29, 1.82) is 0 Å². The second-order valence-corrected chi connectivity index (χ2v) is 10.6. The zero-order valence-corrected chi connectivity index (χ0v) is 20.8. The minimum Gasteiger partial charge on any atom is -0.246 e. The van der Waals surface area contributed by atoms with E-state index in [1.54, 1.807) is 0 Å². The maximum Gasteiger partial charge on any atom is 0.0896 e. The zero-order chi connectivity index (χ0) is 24.3. The Morgan fingerprint density at radius 1 is 0.432 bits per heavy atom. The lowest BCUT2D eigenvalue weighted by Crippen LogP contribution is -1.93. The van der Waals surface area contributed by atoms with Crippen molar-refractivity contribution in [1.82, 2.24) is 4.98 Å². The molecule has 0 spiro atoms. The van der Waals surface area contributed by atoms with Gasteiger partial charge in [-0.3, -0.25) is 0 Å². The van der Waals surface area contributed by atoms with Gasteiger partial charge in [0.1, 0.15) is 0 Å². The van der Waals surface area contributed by atoms with Gasteiger partial charge in [-0.1, -0.05) is 115 Å². The van der Waals surface area contributed by atoms with Crippen molar-refractivity contribution in [2.24, 2.45) is 0 Å². The van der Waals surface area contributed by atoms with E-state index in [4.69, 9.17) is 4.98 Å². The van der Waals surface area contributed by atoms with Crippen LogP contribution in [0.4, 0.5) is 0 Å². The molecule has 6 aromatic carbocycles. The van der Waals surface area contributed by atoms with Crippen LogP contribution in [0.1, 0.15) is 0 Å². The fourth-order valence-electron chi connectivity index (χ4n) is 5.83. The molecule has 2 heterocycles. The van der Waals surface area contributed by atoms with Crippen molar-refractivity contribution in [2.45, 2.75) is 0 Å². The summed E-state index contributed by atoms with van der Waals surface area (Å²) in [7, 11) is 0. The van der Waals surface area contributed by atoms with Crippen LogP contribution in [-0.4, -0.2) is 4.98 Å². The molecule has 37 heavy (non-hydrogen) atoms. The number of hydrogen-bond acceptors (Lipinski definition) is 2. The van der Waals surface area contributed by atoms with Gasteiger partial charge in [-0.25, -0.2) is 4.98 Å². The zero-order valence-electron chi connectivity index (χ0n) is 20.0. The predicted molar refractivity (Wildman–Crippen MR) is 161 cm³/mol. The van der Waals surface area contributed by atoms with E-state index in [0.717, 1.165) is 11.2 Å². The molecule has 0 fully saturated rings. The van der Waals surface area contributed by atoms with E-state index in [9.17, 15) is 0 Å². The first-order valence-corrected chi connectivity index (χ1v) is 13.4. The monoisotopic (exact) mass is 487 g/mol. The number of pyridine rings is 1. The maximum absolute atomic E-state index is 5.46. The van der Waals surface area contributed by atoms with E-state index in [1.165, 1.54) is 63.8 Å². The lowest BCUT2D eigenvalue weighted by Gasteiger charge is -2.16. The van der Waals surface area contributed by atoms with Gasteiger partial charge in [0.15, 0.2) is 0 Å². The molecule has 8 rings (SSSR count). The Hall–Kier alpha value is -4.53. The van der Waals surface area contributed by atoms with Gasteiger partial charge in [0, 0.05) is 21.2 Å². The van der Waals surface area contributed by atoms with Crippen molar-refractivity contribution in [2.75, 3.05) is 0 Å². The van der Waals surface area contributed by atoms with Crippen molar-refractivity contribution in [3.8, 4) is 22.4 Å².